The van der Waals surface area contributed by atoms with E-state index in [4.69, 9.17) is 0 Å². The third kappa shape index (κ3) is 1.40. The molecule has 2 aromatic heterocycles. The van der Waals surface area contributed by atoms with E-state index in [-0.39, 0.29) is 5.69 Å². The first-order valence-electron chi connectivity index (χ1n) is 6.13. The Morgan fingerprint density at radius 1 is 1.11 bits per heavy atom. The lowest BCUT2D eigenvalue weighted by atomic mass is 10.1. The summed E-state index contributed by atoms with van der Waals surface area (Å²) >= 11 is 0. The summed E-state index contributed by atoms with van der Waals surface area (Å²) in [5, 5.41) is 3.16. The van der Waals surface area contributed by atoms with E-state index in [1.54, 1.807) is 6.20 Å². The molecule has 0 radical (unpaired) electrons. The third-order valence-corrected chi connectivity index (χ3v) is 3.48. The van der Waals surface area contributed by atoms with Crippen molar-refractivity contribution in [2.75, 3.05) is 0 Å². The Labute approximate surface area is 108 Å². The largest absolute Gasteiger partial charge is 0.323 e. The van der Waals surface area contributed by atoms with Gasteiger partial charge in [0.1, 0.15) is 0 Å². The molecule has 0 spiro atoms. The Morgan fingerprint density at radius 2 is 2.00 bits per heavy atom. The van der Waals surface area contributed by atoms with Crippen molar-refractivity contribution in [3.63, 3.8) is 0 Å². The van der Waals surface area contributed by atoms with Gasteiger partial charge in [-0.25, -0.2) is 9.78 Å². The second-order valence-corrected chi connectivity index (χ2v) is 4.80. The van der Waals surface area contributed by atoms with Crippen LogP contribution in [0.4, 0.5) is 0 Å². The Bertz CT molecular complexity index is 995. The lowest BCUT2D eigenvalue weighted by molar-refractivity contribution is 1.12. The highest BCUT2D eigenvalue weighted by Crippen LogP contribution is 2.29. The van der Waals surface area contributed by atoms with Crippen LogP contribution in [0.1, 0.15) is 5.56 Å². The smallest absolute Gasteiger partial charge is 0.314 e. The van der Waals surface area contributed by atoms with Crippen LogP contribution in [0, 0.1) is 6.92 Å². The van der Waals surface area contributed by atoms with Crippen LogP contribution in [0.5, 0.6) is 0 Å². The third-order valence-electron chi connectivity index (χ3n) is 3.48. The normalized spacial score (nSPS) is 11.6. The van der Waals surface area contributed by atoms with E-state index in [0.717, 1.165) is 32.7 Å². The molecule has 0 fully saturated rings. The molecule has 2 heterocycles. The fraction of sp³-hybridized carbons (Fsp3) is 0.0667. The number of fused-ring (bicyclic) bond motifs is 5. The van der Waals surface area contributed by atoms with Gasteiger partial charge in [-0.2, -0.15) is 0 Å². The van der Waals surface area contributed by atoms with E-state index in [1.165, 1.54) is 5.56 Å². The maximum Gasteiger partial charge on any atom is 0.323 e. The Balaban J connectivity index is 2.30. The van der Waals surface area contributed by atoms with Crippen molar-refractivity contribution in [3.05, 3.63) is 52.6 Å². The zero-order valence-electron chi connectivity index (χ0n) is 10.3. The molecule has 0 aliphatic carbocycles. The van der Waals surface area contributed by atoms with Gasteiger partial charge in [0.2, 0.25) is 0 Å². The molecule has 0 atom stereocenters. The summed E-state index contributed by atoms with van der Waals surface area (Å²) in [6.45, 7) is 2.07. The number of H-pyrrole nitrogens is 2. The van der Waals surface area contributed by atoms with Gasteiger partial charge in [0.15, 0.2) is 0 Å². The fourth-order valence-corrected chi connectivity index (χ4v) is 2.57. The van der Waals surface area contributed by atoms with Crippen LogP contribution < -0.4 is 5.69 Å². The average molecular weight is 249 g/mol. The fourth-order valence-electron chi connectivity index (χ4n) is 2.57. The maximum absolute atomic E-state index is 11.5. The van der Waals surface area contributed by atoms with Crippen LogP contribution in [-0.2, 0) is 0 Å². The molecule has 0 unspecified atom stereocenters. The first kappa shape index (κ1) is 10.3. The number of aryl methyl sites for hydroxylation is 1. The van der Waals surface area contributed by atoms with Crippen LogP contribution in [-0.4, -0.2) is 15.0 Å². The molecular weight excluding hydrogens is 238 g/mol. The molecule has 0 aliphatic heterocycles. The summed E-state index contributed by atoms with van der Waals surface area (Å²) in [5.74, 6) is 0. The van der Waals surface area contributed by atoms with Crippen LogP contribution in [0.15, 0.2) is 41.3 Å². The monoisotopic (exact) mass is 249 g/mol. The van der Waals surface area contributed by atoms with Gasteiger partial charge >= 0.3 is 5.69 Å². The number of hydrogen-bond acceptors (Lipinski definition) is 2. The van der Waals surface area contributed by atoms with Gasteiger partial charge in [-0.15, -0.1) is 0 Å². The highest BCUT2D eigenvalue weighted by Gasteiger charge is 2.09. The predicted molar refractivity (Wildman–Crippen MR) is 76.5 cm³/mol. The molecule has 0 saturated carbocycles. The van der Waals surface area contributed by atoms with Gasteiger partial charge in [-0.3, -0.25) is 0 Å². The molecule has 0 amide bonds. The quantitative estimate of drug-likeness (QED) is 0.503. The summed E-state index contributed by atoms with van der Waals surface area (Å²) in [6.07, 6.45) is 1.71. The minimum Gasteiger partial charge on any atom is -0.314 e. The van der Waals surface area contributed by atoms with Crippen LogP contribution in [0.25, 0.3) is 32.7 Å². The second-order valence-electron chi connectivity index (χ2n) is 4.80. The average Bonchev–Trinajstić information content (AvgIpc) is 2.77. The minimum atomic E-state index is -0.219. The number of benzene rings is 2. The van der Waals surface area contributed by atoms with E-state index in [9.17, 15) is 4.79 Å². The van der Waals surface area contributed by atoms with Crippen LogP contribution >= 0.6 is 0 Å². The Kier molecular flexibility index (Phi) is 1.87. The molecule has 4 rings (SSSR count). The van der Waals surface area contributed by atoms with Crippen molar-refractivity contribution in [3.8, 4) is 0 Å². The van der Waals surface area contributed by atoms with Gasteiger partial charge in [0.25, 0.3) is 0 Å². The number of aromatic amines is 2. The minimum absolute atomic E-state index is 0.219. The predicted octanol–water partition coefficient (Wildman–Crippen LogP) is 2.87. The first-order valence-corrected chi connectivity index (χ1v) is 6.13. The van der Waals surface area contributed by atoms with E-state index in [0.29, 0.717) is 0 Å². The lowest BCUT2D eigenvalue weighted by Crippen LogP contribution is -2.08. The van der Waals surface area contributed by atoms with Crippen molar-refractivity contribution in [2.45, 2.75) is 6.92 Å². The summed E-state index contributed by atoms with van der Waals surface area (Å²) in [7, 11) is 0. The number of rotatable bonds is 0. The number of aromatic nitrogens is 3. The zero-order chi connectivity index (χ0) is 13.0. The molecule has 19 heavy (non-hydrogen) atoms. The zero-order valence-corrected chi connectivity index (χ0v) is 10.3. The molecule has 4 nitrogen and oxygen atoms in total. The van der Waals surface area contributed by atoms with E-state index in [1.807, 2.05) is 18.2 Å². The summed E-state index contributed by atoms with van der Waals surface area (Å²) < 4.78 is 0. The Hall–Kier alpha value is -2.62. The van der Waals surface area contributed by atoms with E-state index >= 15 is 0 Å². The van der Waals surface area contributed by atoms with Crippen molar-refractivity contribution in [1.82, 2.24) is 15.0 Å². The van der Waals surface area contributed by atoms with E-state index in [2.05, 4.69) is 34.0 Å². The molecule has 4 aromatic rings. The molecule has 2 aromatic carbocycles. The second kappa shape index (κ2) is 3.45. The van der Waals surface area contributed by atoms with Gasteiger partial charge in [-0.05, 0) is 19.1 Å². The molecule has 92 valence electrons. The summed E-state index contributed by atoms with van der Waals surface area (Å²) in [5.41, 5.74) is 3.58. The molecule has 4 heteroatoms. The van der Waals surface area contributed by atoms with Crippen molar-refractivity contribution < 1.29 is 0 Å². The number of nitrogens with one attached hydrogen (secondary N) is 2. The highest BCUT2D eigenvalue weighted by atomic mass is 16.1. The van der Waals surface area contributed by atoms with Crippen molar-refractivity contribution in [1.29, 1.82) is 0 Å². The highest BCUT2D eigenvalue weighted by molar-refractivity contribution is 6.15. The van der Waals surface area contributed by atoms with Crippen molar-refractivity contribution in [2.24, 2.45) is 0 Å². The molecule has 0 aliphatic rings. The SMILES string of the molecule is Cc1ccc2nc3c(ccc4c[nH]c(=O)[nH]c43)c2c1. The molecule has 0 bridgehead atoms. The van der Waals surface area contributed by atoms with Crippen LogP contribution in [0.2, 0.25) is 0 Å². The standard InChI is InChI=1S/C15H11N3O/c1-8-2-5-12-11(6-8)10-4-3-9-7-16-15(19)18-13(9)14(10)17-12/h2-7H,1H3,(H2,16,18,19). The number of nitrogens with zero attached hydrogens (tertiary/aromatic N) is 1. The van der Waals surface area contributed by atoms with Crippen molar-refractivity contribution >= 4 is 32.7 Å². The van der Waals surface area contributed by atoms with E-state index < -0.39 is 0 Å². The Morgan fingerprint density at radius 3 is 2.89 bits per heavy atom. The molecule has 2 N–H and O–H groups in total. The van der Waals surface area contributed by atoms with Gasteiger partial charge in [0, 0.05) is 22.4 Å². The first-order chi connectivity index (χ1) is 9.22. The van der Waals surface area contributed by atoms with Gasteiger partial charge < -0.3 is 9.97 Å². The molecular formula is C15H11N3O. The van der Waals surface area contributed by atoms with Gasteiger partial charge in [0.05, 0.1) is 16.6 Å². The van der Waals surface area contributed by atoms with Gasteiger partial charge in [-0.1, -0.05) is 23.8 Å². The summed E-state index contributed by atoms with van der Waals surface area (Å²) in [6, 6.07) is 10.2. The lowest BCUT2D eigenvalue weighted by Gasteiger charge is -1.98. The maximum atomic E-state index is 11.5. The topological polar surface area (TPSA) is 61.5 Å². The number of hydrogen-bond donors (Lipinski definition) is 2. The van der Waals surface area contributed by atoms with Crippen LogP contribution in [0.3, 0.4) is 0 Å². The summed E-state index contributed by atoms with van der Waals surface area (Å²) in [4.78, 5) is 21.6. The molecule has 0 saturated heterocycles.